The Balaban J connectivity index is 2.54. The number of rotatable bonds is 3. The summed E-state index contributed by atoms with van der Waals surface area (Å²) in [5, 5.41) is 2.68. The minimum atomic E-state index is -0.614. The van der Waals surface area contributed by atoms with Gasteiger partial charge < -0.3 is 19.6 Å². The Bertz CT molecular complexity index is 450. The molecule has 0 saturated carbocycles. The Morgan fingerprint density at radius 3 is 2.17 bits per heavy atom. The summed E-state index contributed by atoms with van der Waals surface area (Å²) >= 11 is 0. The van der Waals surface area contributed by atoms with E-state index in [0.29, 0.717) is 19.5 Å². The lowest BCUT2D eigenvalue weighted by atomic mass is 10.1. The molecule has 1 N–H and O–H groups in total. The molecule has 0 aromatic heterocycles. The maximum absolute atomic E-state index is 12.1. The van der Waals surface area contributed by atoms with Crippen molar-refractivity contribution in [3.8, 4) is 0 Å². The standard InChI is InChI=1S/C16H28N2O5/c1-15(2,3)22-13(20)17-8-11-7-12(10-19)18(9-11)14(21)23-16(4,5)6/h10-12H,7-9H2,1-6H3,(H,17,20)/t11-,12?/m0/s1. The lowest BCUT2D eigenvalue weighted by Gasteiger charge is -2.26. The van der Waals surface area contributed by atoms with Gasteiger partial charge in [0.05, 0.1) is 6.04 Å². The van der Waals surface area contributed by atoms with Gasteiger partial charge >= 0.3 is 12.2 Å². The maximum Gasteiger partial charge on any atom is 0.410 e. The zero-order chi connectivity index (χ0) is 17.8. The number of hydrogen-bond donors (Lipinski definition) is 1. The fraction of sp³-hybridized carbons (Fsp3) is 0.812. The Labute approximate surface area is 137 Å². The SMILES string of the molecule is CC(C)(C)OC(=O)NC[C@@H]1CC(C=O)N(C(=O)OC(C)(C)C)C1. The molecule has 23 heavy (non-hydrogen) atoms. The molecule has 0 aromatic carbocycles. The van der Waals surface area contributed by atoms with Crippen LogP contribution in [0.25, 0.3) is 0 Å². The average Bonchev–Trinajstić information content (AvgIpc) is 2.75. The molecule has 1 saturated heterocycles. The summed E-state index contributed by atoms with van der Waals surface area (Å²) in [6.45, 7) is 11.4. The highest BCUT2D eigenvalue weighted by molar-refractivity contribution is 5.74. The smallest absolute Gasteiger partial charge is 0.410 e. The van der Waals surface area contributed by atoms with Crippen LogP contribution in [0.4, 0.5) is 9.59 Å². The van der Waals surface area contributed by atoms with Crippen LogP contribution < -0.4 is 5.32 Å². The summed E-state index contributed by atoms with van der Waals surface area (Å²) in [6, 6.07) is -0.518. The Morgan fingerprint density at radius 1 is 1.13 bits per heavy atom. The van der Waals surface area contributed by atoms with Gasteiger partial charge in [0.25, 0.3) is 0 Å². The second kappa shape index (κ2) is 7.19. The van der Waals surface area contributed by atoms with Crippen LogP contribution in [-0.2, 0) is 14.3 Å². The van der Waals surface area contributed by atoms with E-state index in [1.165, 1.54) is 4.90 Å². The molecule has 1 aliphatic heterocycles. The number of carbonyl (C=O) groups excluding carboxylic acids is 3. The van der Waals surface area contributed by atoms with Crippen LogP contribution in [0.15, 0.2) is 0 Å². The first-order chi connectivity index (χ1) is 10.4. The second-order valence-electron chi connectivity index (χ2n) is 7.82. The first-order valence-electron chi connectivity index (χ1n) is 7.83. The Kier molecular flexibility index (Phi) is 6.02. The number of nitrogens with one attached hydrogen (secondary N) is 1. The fourth-order valence-electron chi connectivity index (χ4n) is 2.31. The Morgan fingerprint density at radius 2 is 1.70 bits per heavy atom. The summed E-state index contributed by atoms with van der Waals surface area (Å²) in [6.07, 6.45) is 0.237. The third-order valence-corrected chi connectivity index (χ3v) is 3.15. The molecule has 0 aliphatic carbocycles. The third kappa shape index (κ3) is 6.88. The Hall–Kier alpha value is -1.79. The first kappa shape index (κ1) is 19.3. The molecule has 132 valence electrons. The van der Waals surface area contributed by atoms with Crippen molar-refractivity contribution in [2.75, 3.05) is 13.1 Å². The molecular weight excluding hydrogens is 300 g/mol. The molecule has 0 bridgehead atoms. The number of ether oxygens (including phenoxy) is 2. The van der Waals surface area contributed by atoms with Crippen LogP contribution in [0.2, 0.25) is 0 Å². The van der Waals surface area contributed by atoms with Crippen LogP contribution >= 0.6 is 0 Å². The van der Waals surface area contributed by atoms with Crippen LogP contribution in [-0.4, -0.2) is 53.7 Å². The van der Waals surface area contributed by atoms with Crippen LogP contribution in [0, 0.1) is 5.92 Å². The number of nitrogens with zero attached hydrogens (tertiary/aromatic N) is 1. The largest absolute Gasteiger partial charge is 0.444 e. The molecule has 0 aromatic rings. The highest BCUT2D eigenvalue weighted by atomic mass is 16.6. The number of carbonyl (C=O) groups is 3. The molecule has 2 amide bonds. The van der Waals surface area contributed by atoms with Crippen molar-refractivity contribution in [2.24, 2.45) is 5.92 Å². The molecule has 1 aliphatic rings. The molecule has 1 rings (SSSR count). The predicted octanol–water partition coefficient (Wildman–Crippen LogP) is 2.34. The quantitative estimate of drug-likeness (QED) is 0.804. The second-order valence-corrected chi connectivity index (χ2v) is 7.82. The van der Waals surface area contributed by atoms with Crippen molar-refractivity contribution >= 4 is 18.5 Å². The van der Waals surface area contributed by atoms with E-state index in [4.69, 9.17) is 9.47 Å². The van der Waals surface area contributed by atoms with Gasteiger partial charge in [-0.05, 0) is 53.9 Å². The van der Waals surface area contributed by atoms with Crippen molar-refractivity contribution < 1.29 is 23.9 Å². The number of alkyl carbamates (subject to hydrolysis) is 1. The lowest BCUT2D eigenvalue weighted by molar-refractivity contribution is -0.111. The van der Waals surface area contributed by atoms with Crippen LogP contribution in [0.1, 0.15) is 48.0 Å². The molecule has 0 spiro atoms. The van der Waals surface area contributed by atoms with E-state index in [9.17, 15) is 14.4 Å². The molecular formula is C16H28N2O5. The molecule has 1 heterocycles. The van der Waals surface area contributed by atoms with E-state index in [-0.39, 0.29) is 5.92 Å². The van der Waals surface area contributed by atoms with Gasteiger partial charge in [-0.3, -0.25) is 4.90 Å². The number of likely N-dealkylation sites (tertiary alicyclic amines) is 1. The fourth-order valence-corrected chi connectivity index (χ4v) is 2.31. The van der Waals surface area contributed by atoms with E-state index in [1.807, 2.05) is 0 Å². The van der Waals surface area contributed by atoms with Crippen molar-refractivity contribution in [1.29, 1.82) is 0 Å². The summed E-state index contributed by atoms with van der Waals surface area (Å²) in [4.78, 5) is 36.4. The highest BCUT2D eigenvalue weighted by Gasteiger charge is 2.37. The zero-order valence-electron chi connectivity index (χ0n) is 14.8. The van der Waals surface area contributed by atoms with Crippen molar-refractivity contribution in [1.82, 2.24) is 10.2 Å². The van der Waals surface area contributed by atoms with Crippen molar-refractivity contribution in [2.45, 2.75) is 65.2 Å². The minimum absolute atomic E-state index is 0.00904. The molecule has 1 fully saturated rings. The maximum atomic E-state index is 12.1. The molecule has 1 unspecified atom stereocenters. The van der Waals surface area contributed by atoms with Crippen LogP contribution in [0.3, 0.4) is 0 Å². The van der Waals surface area contributed by atoms with E-state index in [0.717, 1.165) is 6.29 Å². The third-order valence-electron chi connectivity index (χ3n) is 3.15. The topological polar surface area (TPSA) is 84.9 Å². The first-order valence-corrected chi connectivity index (χ1v) is 7.83. The zero-order valence-corrected chi connectivity index (χ0v) is 14.8. The van der Waals surface area contributed by atoms with Gasteiger partial charge in [-0.2, -0.15) is 0 Å². The molecule has 0 radical (unpaired) electrons. The van der Waals surface area contributed by atoms with Gasteiger partial charge in [-0.25, -0.2) is 9.59 Å². The summed E-state index contributed by atoms with van der Waals surface area (Å²) in [7, 11) is 0. The number of hydrogen-bond acceptors (Lipinski definition) is 5. The normalized spacial score (nSPS) is 21.7. The van der Waals surface area contributed by atoms with Gasteiger partial charge in [0.1, 0.15) is 17.5 Å². The van der Waals surface area contributed by atoms with E-state index in [2.05, 4.69) is 5.32 Å². The van der Waals surface area contributed by atoms with Crippen molar-refractivity contribution in [3.63, 3.8) is 0 Å². The monoisotopic (exact) mass is 328 g/mol. The van der Waals surface area contributed by atoms with E-state index in [1.54, 1.807) is 41.5 Å². The lowest BCUT2D eigenvalue weighted by Crippen LogP contribution is -2.41. The summed E-state index contributed by atoms with van der Waals surface area (Å²) < 4.78 is 10.5. The number of amides is 2. The molecule has 7 nitrogen and oxygen atoms in total. The van der Waals surface area contributed by atoms with Gasteiger partial charge in [-0.15, -0.1) is 0 Å². The van der Waals surface area contributed by atoms with Gasteiger partial charge in [0.15, 0.2) is 0 Å². The molecule has 2 atom stereocenters. The molecule has 7 heteroatoms. The average molecular weight is 328 g/mol. The predicted molar refractivity (Wildman–Crippen MR) is 85.1 cm³/mol. The van der Waals surface area contributed by atoms with Gasteiger partial charge in [0.2, 0.25) is 0 Å². The van der Waals surface area contributed by atoms with E-state index >= 15 is 0 Å². The van der Waals surface area contributed by atoms with Crippen molar-refractivity contribution in [3.05, 3.63) is 0 Å². The van der Waals surface area contributed by atoms with E-state index < -0.39 is 29.4 Å². The number of aldehydes is 1. The highest BCUT2D eigenvalue weighted by Crippen LogP contribution is 2.24. The minimum Gasteiger partial charge on any atom is -0.444 e. The van der Waals surface area contributed by atoms with Gasteiger partial charge in [-0.1, -0.05) is 0 Å². The van der Waals surface area contributed by atoms with Gasteiger partial charge in [0, 0.05) is 13.1 Å². The summed E-state index contributed by atoms with van der Waals surface area (Å²) in [5.41, 5.74) is -1.18. The van der Waals surface area contributed by atoms with Crippen LogP contribution in [0.5, 0.6) is 0 Å². The summed E-state index contributed by atoms with van der Waals surface area (Å²) in [5.74, 6) is -0.00904.